The van der Waals surface area contributed by atoms with E-state index in [1.165, 1.54) is 0 Å². The summed E-state index contributed by atoms with van der Waals surface area (Å²) in [6, 6.07) is 0. The first-order valence-corrected chi connectivity index (χ1v) is 5.34. The van der Waals surface area contributed by atoms with E-state index in [4.69, 9.17) is 4.74 Å². The lowest BCUT2D eigenvalue weighted by Crippen LogP contribution is -2.53. The van der Waals surface area contributed by atoms with Gasteiger partial charge in [-0.05, 0) is 33.3 Å². The average Bonchev–Trinajstić information content (AvgIpc) is 2.20. The Bertz CT molecular complexity index is 291. The van der Waals surface area contributed by atoms with E-state index in [1.54, 1.807) is 13.8 Å². The molecule has 0 bridgehead atoms. The summed E-state index contributed by atoms with van der Waals surface area (Å²) in [5, 5.41) is 10.1. The van der Waals surface area contributed by atoms with Crippen molar-refractivity contribution in [1.29, 1.82) is 0 Å². The molecule has 3 heteroatoms. The molecule has 0 aromatic heterocycles. The number of aliphatic hydroxyl groups excluding tert-OH is 1. The van der Waals surface area contributed by atoms with E-state index in [1.807, 2.05) is 26.8 Å². The molecule has 0 aromatic rings. The van der Waals surface area contributed by atoms with Crippen molar-refractivity contribution in [3.63, 3.8) is 0 Å². The summed E-state index contributed by atoms with van der Waals surface area (Å²) >= 11 is 0. The Morgan fingerprint density at radius 2 is 2.07 bits per heavy atom. The number of ether oxygens (including phenoxy) is 1. The maximum Gasteiger partial charge on any atom is 0.314 e. The molecular formula is C12H20O3. The molecule has 15 heavy (non-hydrogen) atoms. The molecule has 0 aromatic carbocycles. The standard InChI is InChI=1S/C12H20O3/c1-6-7(2)9-8(3)10(13)12(4,5)11(14)15-9/h6,8-10,13H,1-5H3/b7-6+/t8-,9-,10+/m0/s1. The van der Waals surface area contributed by atoms with Gasteiger partial charge in [0.1, 0.15) is 6.10 Å². The zero-order valence-corrected chi connectivity index (χ0v) is 10.1. The number of carbonyl (C=O) groups excluding carboxylic acids is 1. The highest BCUT2D eigenvalue weighted by Gasteiger charge is 2.48. The number of carbonyl (C=O) groups is 1. The smallest absolute Gasteiger partial charge is 0.314 e. The van der Waals surface area contributed by atoms with Gasteiger partial charge in [-0.1, -0.05) is 13.0 Å². The normalized spacial score (nSPS) is 36.3. The molecule has 0 saturated carbocycles. The van der Waals surface area contributed by atoms with Crippen LogP contribution in [0.5, 0.6) is 0 Å². The Hall–Kier alpha value is -0.830. The summed E-state index contributed by atoms with van der Waals surface area (Å²) in [6.45, 7) is 9.17. The van der Waals surface area contributed by atoms with Gasteiger partial charge < -0.3 is 9.84 Å². The summed E-state index contributed by atoms with van der Waals surface area (Å²) in [5.41, 5.74) is 0.189. The van der Waals surface area contributed by atoms with Gasteiger partial charge in [0.2, 0.25) is 0 Å². The zero-order valence-electron chi connectivity index (χ0n) is 10.1. The largest absolute Gasteiger partial charge is 0.457 e. The number of rotatable bonds is 1. The van der Waals surface area contributed by atoms with Crippen molar-refractivity contribution in [1.82, 2.24) is 0 Å². The van der Waals surface area contributed by atoms with E-state index < -0.39 is 11.5 Å². The zero-order chi connectivity index (χ0) is 11.8. The Kier molecular flexibility index (Phi) is 3.24. The minimum Gasteiger partial charge on any atom is -0.457 e. The Morgan fingerprint density at radius 1 is 1.53 bits per heavy atom. The monoisotopic (exact) mass is 212 g/mol. The van der Waals surface area contributed by atoms with Gasteiger partial charge in [-0.2, -0.15) is 0 Å². The lowest BCUT2D eigenvalue weighted by molar-refractivity contribution is -0.187. The van der Waals surface area contributed by atoms with Crippen molar-refractivity contribution >= 4 is 5.97 Å². The summed E-state index contributed by atoms with van der Waals surface area (Å²) < 4.78 is 5.37. The molecule has 1 fully saturated rings. The molecule has 1 aliphatic rings. The van der Waals surface area contributed by atoms with Crippen LogP contribution in [0.15, 0.2) is 11.6 Å². The topological polar surface area (TPSA) is 46.5 Å². The third-order valence-electron chi connectivity index (χ3n) is 3.38. The second-order valence-electron chi connectivity index (χ2n) is 4.88. The van der Waals surface area contributed by atoms with Gasteiger partial charge in [0.15, 0.2) is 0 Å². The summed E-state index contributed by atoms with van der Waals surface area (Å²) in [4.78, 5) is 11.7. The molecule has 1 rings (SSSR count). The molecule has 1 heterocycles. The molecule has 1 saturated heterocycles. The average molecular weight is 212 g/mol. The molecule has 0 radical (unpaired) electrons. The number of cyclic esters (lactones) is 1. The minimum absolute atomic E-state index is 0.0612. The van der Waals surface area contributed by atoms with E-state index in [0.29, 0.717) is 0 Å². The van der Waals surface area contributed by atoms with Crippen molar-refractivity contribution in [2.45, 2.75) is 46.8 Å². The van der Waals surface area contributed by atoms with Crippen LogP contribution in [-0.2, 0) is 9.53 Å². The first kappa shape index (κ1) is 12.2. The third kappa shape index (κ3) is 1.93. The van der Waals surface area contributed by atoms with Gasteiger partial charge in [-0.3, -0.25) is 4.79 Å². The number of esters is 1. The van der Waals surface area contributed by atoms with Crippen molar-refractivity contribution in [3.05, 3.63) is 11.6 Å². The quantitative estimate of drug-likeness (QED) is 0.533. The highest BCUT2D eigenvalue weighted by atomic mass is 16.6. The van der Waals surface area contributed by atoms with E-state index >= 15 is 0 Å². The molecule has 0 aliphatic carbocycles. The van der Waals surface area contributed by atoms with Crippen molar-refractivity contribution in [2.75, 3.05) is 0 Å². The molecular weight excluding hydrogens is 192 g/mol. The Balaban J connectivity index is 2.97. The molecule has 0 spiro atoms. The van der Waals surface area contributed by atoms with Gasteiger partial charge >= 0.3 is 5.97 Å². The second kappa shape index (κ2) is 3.97. The fourth-order valence-electron chi connectivity index (χ4n) is 1.99. The molecule has 0 amide bonds. The van der Waals surface area contributed by atoms with E-state index in [-0.39, 0.29) is 18.0 Å². The first-order chi connectivity index (χ1) is 6.82. The van der Waals surface area contributed by atoms with Gasteiger partial charge in [0.05, 0.1) is 11.5 Å². The van der Waals surface area contributed by atoms with Crippen LogP contribution in [0.4, 0.5) is 0 Å². The minimum atomic E-state index is -0.802. The molecule has 3 atom stereocenters. The van der Waals surface area contributed by atoms with E-state index in [0.717, 1.165) is 5.57 Å². The van der Waals surface area contributed by atoms with Crippen LogP contribution in [-0.4, -0.2) is 23.3 Å². The predicted octanol–water partition coefficient (Wildman–Crippen LogP) is 1.90. The second-order valence-corrected chi connectivity index (χ2v) is 4.88. The molecule has 0 unspecified atom stereocenters. The maximum absolute atomic E-state index is 11.7. The maximum atomic E-state index is 11.7. The number of allylic oxidation sites excluding steroid dienone is 1. The summed E-state index contributed by atoms with van der Waals surface area (Å²) in [6.07, 6.45) is 0.976. The van der Waals surface area contributed by atoms with Gasteiger partial charge in [-0.15, -0.1) is 0 Å². The van der Waals surface area contributed by atoms with Crippen molar-refractivity contribution in [2.24, 2.45) is 11.3 Å². The highest BCUT2D eigenvalue weighted by Crippen LogP contribution is 2.37. The lowest BCUT2D eigenvalue weighted by Gasteiger charge is -2.42. The summed E-state index contributed by atoms with van der Waals surface area (Å²) in [7, 11) is 0. The van der Waals surface area contributed by atoms with Gasteiger partial charge in [0, 0.05) is 5.92 Å². The first-order valence-electron chi connectivity index (χ1n) is 5.34. The molecule has 3 nitrogen and oxygen atoms in total. The van der Waals surface area contributed by atoms with Crippen LogP contribution in [0.1, 0.15) is 34.6 Å². The van der Waals surface area contributed by atoms with Crippen LogP contribution in [0.25, 0.3) is 0 Å². The van der Waals surface area contributed by atoms with Gasteiger partial charge in [-0.25, -0.2) is 0 Å². The number of hydrogen-bond donors (Lipinski definition) is 1. The third-order valence-corrected chi connectivity index (χ3v) is 3.38. The Labute approximate surface area is 91.1 Å². The fourth-order valence-corrected chi connectivity index (χ4v) is 1.99. The predicted molar refractivity (Wildman–Crippen MR) is 58.3 cm³/mol. The lowest BCUT2D eigenvalue weighted by atomic mass is 9.74. The van der Waals surface area contributed by atoms with Crippen LogP contribution >= 0.6 is 0 Å². The molecule has 1 aliphatic heterocycles. The van der Waals surface area contributed by atoms with E-state index in [2.05, 4.69) is 0 Å². The molecule has 1 N–H and O–H groups in total. The summed E-state index contributed by atoms with van der Waals surface area (Å²) in [5.74, 6) is -0.381. The van der Waals surface area contributed by atoms with Crippen LogP contribution in [0.2, 0.25) is 0 Å². The number of hydrogen-bond acceptors (Lipinski definition) is 3. The highest BCUT2D eigenvalue weighted by molar-refractivity contribution is 5.78. The molecule has 86 valence electrons. The Morgan fingerprint density at radius 3 is 2.53 bits per heavy atom. The van der Waals surface area contributed by atoms with Crippen molar-refractivity contribution < 1.29 is 14.6 Å². The van der Waals surface area contributed by atoms with Crippen molar-refractivity contribution in [3.8, 4) is 0 Å². The van der Waals surface area contributed by atoms with Crippen LogP contribution in [0.3, 0.4) is 0 Å². The van der Waals surface area contributed by atoms with Crippen LogP contribution in [0, 0.1) is 11.3 Å². The van der Waals surface area contributed by atoms with Gasteiger partial charge in [0.25, 0.3) is 0 Å². The number of aliphatic hydroxyl groups is 1. The SMILES string of the molecule is C/C=C(\C)[C@@H]1OC(=O)C(C)(C)[C@H](O)[C@H]1C. The fraction of sp³-hybridized carbons (Fsp3) is 0.750. The van der Waals surface area contributed by atoms with E-state index in [9.17, 15) is 9.90 Å². The van der Waals surface area contributed by atoms with Crippen LogP contribution < -0.4 is 0 Å².